The van der Waals surface area contributed by atoms with E-state index < -0.39 is 15.8 Å². The van der Waals surface area contributed by atoms with Gasteiger partial charge < -0.3 is 5.11 Å². The average molecular weight is 290 g/mol. The van der Waals surface area contributed by atoms with E-state index in [0.717, 1.165) is 18.0 Å². The summed E-state index contributed by atoms with van der Waals surface area (Å²) in [5.41, 5.74) is 0.427. The Labute approximate surface area is 110 Å². The first kappa shape index (κ1) is 14.9. The van der Waals surface area contributed by atoms with Crippen LogP contribution in [0.2, 0.25) is 0 Å². The lowest BCUT2D eigenvalue weighted by Gasteiger charge is -2.08. The van der Waals surface area contributed by atoms with Crippen molar-refractivity contribution in [3.8, 4) is 0 Å². The van der Waals surface area contributed by atoms with Crippen molar-refractivity contribution in [2.75, 3.05) is 17.8 Å². The second-order valence-electron chi connectivity index (χ2n) is 3.82. The highest BCUT2D eigenvalue weighted by Crippen LogP contribution is 2.22. The molecule has 1 aromatic rings. The molecule has 18 heavy (non-hydrogen) atoms. The third kappa shape index (κ3) is 4.26. The largest absolute Gasteiger partial charge is 0.478 e. The number of hydrogen-bond donors (Lipinski definition) is 1. The van der Waals surface area contributed by atoms with Gasteiger partial charge in [-0.05, 0) is 13.8 Å². The summed E-state index contributed by atoms with van der Waals surface area (Å²) in [6, 6.07) is 0. The first-order valence-electron chi connectivity index (χ1n) is 5.10. The first-order valence-corrected chi connectivity index (χ1v) is 8.14. The summed E-state index contributed by atoms with van der Waals surface area (Å²) < 4.78 is 22.0. The zero-order valence-corrected chi connectivity index (χ0v) is 11.9. The van der Waals surface area contributed by atoms with Crippen molar-refractivity contribution in [1.29, 1.82) is 0 Å². The van der Waals surface area contributed by atoms with Crippen molar-refractivity contribution < 1.29 is 18.3 Å². The molecule has 0 amide bonds. The van der Waals surface area contributed by atoms with Gasteiger partial charge >= 0.3 is 5.97 Å². The van der Waals surface area contributed by atoms with Crippen LogP contribution < -0.4 is 0 Å². The summed E-state index contributed by atoms with van der Waals surface area (Å²) in [7, 11) is -3.06. The lowest BCUT2D eigenvalue weighted by molar-refractivity contribution is 0.0690. The molecule has 8 heteroatoms. The molecule has 1 aromatic heterocycles. The number of nitrogens with zero attached hydrogens (tertiary/aromatic N) is 2. The maximum absolute atomic E-state index is 11.1. The van der Waals surface area contributed by atoms with E-state index in [2.05, 4.69) is 9.97 Å². The summed E-state index contributed by atoms with van der Waals surface area (Å²) in [6.45, 7) is 3.26. The Morgan fingerprint density at radius 1 is 1.33 bits per heavy atom. The third-order valence-corrected chi connectivity index (χ3v) is 4.26. The van der Waals surface area contributed by atoms with Crippen LogP contribution in [0.4, 0.5) is 0 Å². The SMILES string of the molecule is Cc1nc(C)c(C(=O)O)c(SCCS(C)(=O)=O)n1. The van der Waals surface area contributed by atoms with Gasteiger partial charge in [-0.3, -0.25) is 0 Å². The smallest absolute Gasteiger partial charge is 0.340 e. The monoisotopic (exact) mass is 290 g/mol. The molecule has 0 fully saturated rings. The molecule has 0 spiro atoms. The number of carbonyl (C=O) groups is 1. The number of carboxylic acid groups (broad SMARTS) is 1. The minimum Gasteiger partial charge on any atom is -0.478 e. The highest BCUT2D eigenvalue weighted by Gasteiger charge is 2.17. The Bertz CT molecular complexity index is 569. The van der Waals surface area contributed by atoms with Crippen LogP contribution in [0.3, 0.4) is 0 Å². The Kier molecular flexibility index (Phi) is 4.69. The fourth-order valence-electron chi connectivity index (χ4n) is 1.32. The Hall–Kier alpha value is -1.15. The zero-order valence-electron chi connectivity index (χ0n) is 10.3. The van der Waals surface area contributed by atoms with Crippen molar-refractivity contribution in [1.82, 2.24) is 9.97 Å². The molecule has 0 aliphatic carbocycles. The fourth-order valence-corrected chi connectivity index (χ4v) is 3.64. The number of aromatic carboxylic acids is 1. The molecule has 0 aliphatic rings. The van der Waals surface area contributed by atoms with Crippen molar-refractivity contribution >= 4 is 27.6 Å². The second kappa shape index (κ2) is 5.66. The van der Waals surface area contributed by atoms with Crippen LogP contribution in [-0.2, 0) is 9.84 Å². The highest BCUT2D eigenvalue weighted by atomic mass is 32.2. The van der Waals surface area contributed by atoms with Crippen molar-refractivity contribution in [2.24, 2.45) is 0 Å². The highest BCUT2D eigenvalue weighted by molar-refractivity contribution is 8.00. The van der Waals surface area contributed by atoms with Gasteiger partial charge in [-0.1, -0.05) is 0 Å². The van der Waals surface area contributed by atoms with E-state index >= 15 is 0 Å². The molecule has 1 N–H and O–H groups in total. The number of aryl methyl sites for hydroxylation is 2. The van der Waals surface area contributed by atoms with Crippen molar-refractivity contribution in [3.05, 3.63) is 17.1 Å². The van der Waals surface area contributed by atoms with Crippen LogP contribution in [0.1, 0.15) is 21.9 Å². The molecule has 6 nitrogen and oxygen atoms in total. The maximum Gasteiger partial charge on any atom is 0.340 e. The van der Waals surface area contributed by atoms with E-state index in [1.165, 1.54) is 0 Å². The normalized spacial score (nSPS) is 11.5. The summed E-state index contributed by atoms with van der Waals surface area (Å²) in [6.07, 6.45) is 1.14. The number of carboxylic acids is 1. The van der Waals surface area contributed by atoms with E-state index in [9.17, 15) is 13.2 Å². The fraction of sp³-hybridized carbons (Fsp3) is 0.500. The summed E-state index contributed by atoms with van der Waals surface area (Å²) in [4.78, 5) is 19.1. The molecular formula is C10H14N2O4S2. The van der Waals surface area contributed by atoms with Gasteiger partial charge in [-0.15, -0.1) is 11.8 Å². The zero-order chi connectivity index (χ0) is 13.9. The minimum absolute atomic E-state index is 0.0151. The van der Waals surface area contributed by atoms with E-state index in [0.29, 0.717) is 16.5 Å². The summed E-state index contributed by atoms with van der Waals surface area (Å²) >= 11 is 1.12. The lowest BCUT2D eigenvalue weighted by Crippen LogP contribution is -2.10. The average Bonchev–Trinajstić information content (AvgIpc) is 2.13. The standard InChI is InChI=1S/C10H14N2O4S2/c1-6-8(10(13)14)9(12-7(2)11-6)17-4-5-18(3,15)16/h4-5H2,1-3H3,(H,13,14). The first-order chi connectivity index (χ1) is 8.20. The topological polar surface area (TPSA) is 97.2 Å². The molecule has 0 aliphatic heterocycles. The summed E-state index contributed by atoms with van der Waals surface area (Å²) in [5, 5.41) is 9.40. The van der Waals surface area contributed by atoms with Crippen LogP contribution in [0.15, 0.2) is 5.03 Å². The number of rotatable bonds is 5. The van der Waals surface area contributed by atoms with Crippen LogP contribution in [0, 0.1) is 13.8 Å². The van der Waals surface area contributed by atoms with Gasteiger partial charge in [0.2, 0.25) is 0 Å². The number of hydrogen-bond acceptors (Lipinski definition) is 6. The molecule has 0 radical (unpaired) electrons. The molecular weight excluding hydrogens is 276 g/mol. The molecule has 0 atom stereocenters. The predicted octanol–water partition coefficient (Wildman–Crippen LogP) is 0.928. The van der Waals surface area contributed by atoms with E-state index in [1.807, 2.05) is 0 Å². The number of thioether (sulfide) groups is 1. The van der Waals surface area contributed by atoms with Crippen molar-refractivity contribution in [3.63, 3.8) is 0 Å². The van der Waals surface area contributed by atoms with Crippen LogP contribution in [0.5, 0.6) is 0 Å². The van der Waals surface area contributed by atoms with Gasteiger partial charge in [-0.2, -0.15) is 0 Å². The third-order valence-electron chi connectivity index (χ3n) is 2.08. The molecule has 0 saturated carbocycles. The molecule has 0 bridgehead atoms. The molecule has 0 unspecified atom stereocenters. The van der Waals surface area contributed by atoms with E-state index in [1.54, 1.807) is 13.8 Å². The van der Waals surface area contributed by atoms with Crippen LogP contribution in [-0.4, -0.2) is 47.2 Å². The molecule has 0 saturated heterocycles. The Balaban J connectivity index is 2.97. The van der Waals surface area contributed by atoms with E-state index in [4.69, 9.17) is 5.11 Å². The molecule has 1 rings (SSSR count). The number of sulfone groups is 1. The number of aromatic nitrogens is 2. The van der Waals surface area contributed by atoms with Gasteiger partial charge in [0.05, 0.1) is 11.4 Å². The maximum atomic E-state index is 11.1. The van der Waals surface area contributed by atoms with Gasteiger partial charge in [0.1, 0.15) is 26.3 Å². The lowest BCUT2D eigenvalue weighted by atomic mass is 10.2. The minimum atomic E-state index is -3.06. The Morgan fingerprint density at radius 2 is 1.94 bits per heavy atom. The molecule has 1 heterocycles. The van der Waals surface area contributed by atoms with Gasteiger partial charge in [0.15, 0.2) is 0 Å². The second-order valence-corrected chi connectivity index (χ2v) is 7.16. The Morgan fingerprint density at radius 3 is 2.44 bits per heavy atom. The van der Waals surface area contributed by atoms with E-state index in [-0.39, 0.29) is 17.1 Å². The molecule has 0 aromatic carbocycles. The van der Waals surface area contributed by atoms with Gasteiger partial charge in [-0.25, -0.2) is 23.2 Å². The van der Waals surface area contributed by atoms with Crippen LogP contribution >= 0.6 is 11.8 Å². The van der Waals surface area contributed by atoms with Crippen molar-refractivity contribution in [2.45, 2.75) is 18.9 Å². The van der Waals surface area contributed by atoms with Gasteiger partial charge in [0, 0.05) is 12.0 Å². The summed E-state index contributed by atoms with van der Waals surface area (Å²) in [5.74, 6) is -0.373. The van der Waals surface area contributed by atoms with Crippen LogP contribution in [0.25, 0.3) is 0 Å². The molecule has 100 valence electrons. The predicted molar refractivity (Wildman–Crippen MR) is 68.9 cm³/mol. The quantitative estimate of drug-likeness (QED) is 0.636. The van der Waals surface area contributed by atoms with Gasteiger partial charge in [0.25, 0.3) is 0 Å².